The first-order valence-electron chi connectivity index (χ1n) is 12.8. The number of nitrogens with one attached hydrogen (secondary N) is 1. The Morgan fingerprint density at radius 2 is 1.83 bits per heavy atom. The molecule has 0 radical (unpaired) electrons. The Labute approximate surface area is 210 Å². The standard InChI is InChI=1S/C31H38N2O2/c1-22(2)15-17-32-31(34)24(4)35-28-14-13-26-16-18-33(21-25-10-8-9-23(3)19-25)30(29(26)20-28)27-11-6-5-7-12-27/h5-14,19-20,22,24,30H,15-18,21H2,1-4H3,(H,32,34). The Morgan fingerprint density at radius 1 is 1.03 bits per heavy atom. The first-order valence-corrected chi connectivity index (χ1v) is 12.8. The van der Waals surface area contributed by atoms with E-state index in [1.54, 1.807) is 0 Å². The van der Waals surface area contributed by atoms with Crippen molar-refractivity contribution in [2.75, 3.05) is 13.1 Å². The number of amides is 1. The first kappa shape index (κ1) is 25.0. The molecule has 0 aromatic heterocycles. The Balaban J connectivity index is 1.57. The lowest BCUT2D eigenvalue weighted by atomic mass is 9.87. The van der Waals surface area contributed by atoms with Crippen LogP contribution in [-0.2, 0) is 17.8 Å². The highest BCUT2D eigenvalue weighted by Gasteiger charge is 2.29. The zero-order valence-corrected chi connectivity index (χ0v) is 21.5. The SMILES string of the molecule is Cc1cccc(CN2CCc3ccc(OC(C)C(=O)NCCC(C)C)cc3C2c2ccccc2)c1. The van der Waals surface area contributed by atoms with Gasteiger partial charge in [-0.25, -0.2) is 0 Å². The smallest absolute Gasteiger partial charge is 0.260 e. The van der Waals surface area contributed by atoms with E-state index in [-0.39, 0.29) is 11.9 Å². The second-order valence-electron chi connectivity index (χ2n) is 10.1. The van der Waals surface area contributed by atoms with Crippen LogP contribution in [0.2, 0.25) is 0 Å². The number of ether oxygens (including phenoxy) is 1. The minimum Gasteiger partial charge on any atom is -0.481 e. The maximum Gasteiger partial charge on any atom is 0.260 e. The largest absolute Gasteiger partial charge is 0.481 e. The molecular weight excluding hydrogens is 432 g/mol. The van der Waals surface area contributed by atoms with Gasteiger partial charge in [-0.2, -0.15) is 0 Å². The van der Waals surface area contributed by atoms with E-state index in [9.17, 15) is 4.79 Å². The third-order valence-electron chi connectivity index (χ3n) is 6.73. The Hall–Kier alpha value is -3.11. The average molecular weight is 471 g/mol. The number of rotatable bonds is 9. The van der Waals surface area contributed by atoms with Crippen LogP contribution in [0.5, 0.6) is 5.75 Å². The van der Waals surface area contributed by atoms with Crippen LogP contribution in [0.1, 0.15) is 61.1 Å². The number of benzene rings is 3. The van der Waals surface area contributed by atoms with Crippen molar-refractivity contribution in [3.8, 4) is 5.75 Å². The zero-order valence-electron chi connectivity index (χ0n) is 21.5. The number of aryl methyl sites for hydroxylation is 1. The lowest BCUT2D eigenvalue weighted by Gasteiger charge is -2.38. The van der Waals surface area contributed by atoms with Crippen molar-refractivity contribution in [2.45, 2.75) is 59.2 Å². The average Bonchev–Trinajstić information content (AvgIpc) is 2.84. The number of hydrogen-bond donors (Lipinski definition) is 1. The molecule has 184 valence electrons. The van der Waals surface area contributed by atoms with Gasteiger partial charge in [0.15, 0.2) is 6.10 Å². The highest BCUT2D eigenvalue weighted by Crippen LogP contribution is 2.38. The minimum atomic E-state index is -0.539. The Kier molecular flexibility index (Phi) is 8.25. The second-order valence-corrected chi connectivity index (χ2v) is 10.1. The molecule has 0 fully saturated rings. The van der Waals surface area contributed by atoms with Gasteiger partial charge in [-0.05, 0) is 67.0 Å². The highest BCUT2D eigenvalue weighted by molar-refractivity contribution is 5.80. The van der Waals surface area contributed by atoms with Crippen molar-refractivity contribution in [3.63, 3.8) is 0 Å². The molecule has 0 bridgehead atoms. The molecule has 1 N–H and O–H groups in total. The Morgan fingerprint density at radius 3 is 2.57 bits per heavy atom. The number of fused-ring (bicyclic) bond motifs is 1. The normalized spacial score (nSPS) is 16.5. The van der Waals surface area contributed by atoms with E-state index < -0.39 is 6.10 Å². The number of carbonyl (C=O) groups excluding carboxylic acids is 1. The van der Waals surface area contributed by atoms with Crippen molar-refractivity contribution >= 4 is 5.91 Å². The summed E-state index contributed by atoms with van der Waals surface area (Å²) in [5.74, 6) is 1.24. The molecule has 1 aliphatic heterocycles. The second kappa shape index (κ2) is 11.5. The predicted molar refractivity (Wildman–Crippen MR) is 143 cm³/mol. The highest BCUT2D eigenvalue weighted by atomic mass is 16.5. The Bertz CT molecular complexity index is 1130. The molecule has 3 aromatic rings. The summed E-state index contributed by atoms with van der Waals surface area (Å²) < 4.78 is 6.12. The van der Waals surface area contributed by atoms with Crippen LogP contribution in [0.15, 0.2) is 72.8 Å². The van der Waals surface area contributed by atoms with Crippen molar-refractivity contribution < 1.29 is 9.53 Å². The van der Waals surface area contributed by atoms with Gasteiger partial charge in [-0.1, -0.05) is 80.1 Å². The summed E-state index contributed by atoms with van der Waals surface area (Å²) in [6.45, 7) is 10.8. The van der Waals surface area contributed by atoms with Crippen molar-refractivity contribution in [2.24, 2.45) is 5.92 Å². The molecule has 2 unspecified atom stereocenters. The lowest BCUT2D eigenvalue weighted by molar-refractivity contribution is -0.127. The summed E-state index contributed by atoms with van der Waals surface area (Å²) in [4.78, 5) is 15.1. The summed E-state index contributed by atoms with van der Waals surface area (Å²) in [5.41, 5.74) is 6.50. The summed E-state index contributed by atoms with van der Waals surface area (Å²) in [5, 5.41) is 3.00. The molecule has 4 nitrogen and oxygen atoms in total. The third-order valence-corrected chi connectivity index (χ3v) is 6.73. The monoisotopic (exact) mass is 470 g/mol. The molecule has 0 aliphatic carbocycles. The van der Waals surface area contributed by atoms with Crippen molar-refractivity contribution in [3.05, 3.63) is 101 Å². The molecule has 1 aliphatic rings. The van der Waals surface area contributed by atoms with Crippen LogP contribution in [0.25, 0.3) is 0 Å². The van der Waals surface area contributed by atoms with Crippen LogP contribution in [0.3, 0.4) is 0 Å². The fourth-order valence-corrected chi connectivity index (χ4v) is 4.84. The van der Waals surface area contributed by atoms with Gasteiger partial charge in [0, 0.05) is 19.6 Å². The summed E-state index contributed by atoms with van der Waals surface area (Å²) in [6, 6.07) is 25.9. The van der Waals surface area contributed by atoms with E-state index in [2.05, 4.69) is 97.7 Å². The molecular formula is C31H38N2O2. The van der Waals surface area contributed by atoms with Gasteiger partial charge in [-0.15, -0.1) is 0 Å². The van der Waals surface area contributed by atoms with E-state index in [4.69, 9.17) is 4.74 Å². The van der Waals surface area contributed by atoms with Gasteiger partial charge in [-0.3, -0.25) is 9.69 Å². The van der Waals surface area contributed by atoms with Gasteiger partial charge in [0.25, 0.3) is 5.91 Å². The van der Waals surface area contributed by atoms with E-state index in [0.29, 0.717) is 12.5 Å². The first-order chi connectivity index (χ1) is 16.9. The third kappa shape index (κ3) is 6.52. The molecule has 1 amide bonds. The van der Waals surface area contributed by atoms with Crippen LogP contribution < -0.4 is 10.1 Å². The zero-order chi connectivity index (χ0) is 24.8. The summed E-state index contributed by atoms with van der Waals surface area (Å²) >= 11 is 0. The van der Waals surface area contributed by atoms with Gasteiger partial charge in [0.05, 0.1) is 6.04 Å². The molecule has 0 saturated carbocycles. The molecule has 4 rings (SSSR count). The topological polar surface area (TPSA) is 41.6 Å². The fraction of sp³-hybridized carbons (Fsp3) is 0.387. The number of nitrogens with zero attached hydrogens (tertiary/aromatic N) is 1. The molecule has 0 saturated heterocycles. The maximum absolute atomic E-state index is 12.5. The van der Waals surface area contributed by atoms with E-state index >= 15 is 0 Å². The quantitative estimate of drug-likeness (QED) is 0.413. The summed E-state index contributed by atoms with van der Waals surface area (Å²) in [6.07, 6.45) is 1.42. The lowest BCUT2D eigenvalue weighted by Crippen LogP contribution is -2.37. The van der Waals surface area contributed by atoms with Crippen LogP contribution in [0.4, 0.5) is 0 Å². The molecule has 35 heavy (non-hydrogen) atoms. The predicted octanol–water partition coefficient (Wildman–Crippen LogP) is 6.07. The molecule has 2 atom stereocenters. The van der Waals surface area contributed by atoms with Crippen LogP contribution >= 0.6 is 0 Å². The van der Waals surface area contributed by atoms with Crippen LogP contribution in [0, 0.1) is 12.8 Å². The number of carbonyl (C=O) groups is 1. The van der Waals surface area contributed by atoms with Crippen LogP contribution in [-0.4, -0.2) is 30.0 Å². The van der Waals surface area contributed by atoms with E-state index in [0.717, 1.165) is 31.7 Å². The van der Waals surface area contributed by atoms with E-state index in [1.807, 2.05) is 13.0 Å². The fourth-order valence-electron chi connectivity index (χ4n) is 4.84. The molecule has 1 heterocycles. The van der Waals surface area contributed by atoms with E-state index in [1.165, 1.54) is 27.8 Å². The van der Waals surface area contributed by atoms with Crippen molar-refractivity contribution in [1.29, 1.82) is 0 Å². The van der Waals surface area contributed by atoms with Gasteiger partial charge in [0.1, 0.15) is 5.75 Å². The summed E-state index contributed by atoms with van der Waals surface area (Å²) in [7, 11) is 0. The molecule has 3 aromatic carbocycles. The van der Waals surface area contributed by atoms with Gasteiger partial charge in [0.2, 0.25) is 0 Å². The van der Waals surface area contributed by atoms with Crippen molar-refractivity contribution in [1.82, 2.24) is 10.2 Å². The minimum absolute atomic E-state index is 0.0657. The number of hydrogen-bond acceptors (Lipinski definition) is 3. The maximum atomic E-state index is 12.5. The van der Waals surface area contributed by atoms with Gasteiger partial charge < -0.3 is 10.1 Å². The molecule has 0 spiro atoms. The van der Waals surface area contributed by atoms with Gasteiger partial charge >= 0.3 is 0 Å². The molecule has 4 heteroatoms.